The fourth-order valence-electron chi connectivity index (χ4n) is 1.90. The summed E-state index contributed by atoms with van der Waals surface area (Å²) in [6.45, 7) is 0.125. The maximum absolute atomic E-state index is 13.4. The van der Waals surface area contributed by atoms with E-state index in [-0.39, 0.29) is 24.3 Å². The smallest absolute Gasteiger partial charge is 0.292 e. The van der Waals surface area contributed by atoms with Crippen molar-refractivity contribution >= 4 is 23.0 Å². The molecule has 1 amide bonds. The molecule has 23 heavy (non-hydrogen) atoms. The van der Waals surface area contributed by atoms with Gasteiger partial charge in [0.15, 0.2) is 0 Å². The molecule has 0 heterocycles. The van der Waals surface area contributed by atoms with Crippen LogP contribution in [0.25, 0.3) is 0 Å². The summed E-state index contributed by atoms with van der Waals surface area (Å²) in [7, 11) is 0. The highest BCUT2D eigenvalue weighted by Crippen LogP contribution is 2.23. The average molecular weight is 321 g/mol. The van der Waals surface area contributed by atoms with Gasteiger partial charge in [-0.15, -0.1) is 0 Å². The van der Waals surface area contributed by atoms with Gasteiger partial charge in [0.25, 0.3) is 5.69 Å². The number of halogens is 2. The molecule has 6 nitrogen and oxygen atoms in total. The van der Waals surface area contributed by atoms with Gasteiger partial charge in [-0.25, -0.2) is 8.78 Å². The molecule has 2 rings (SSSR count). The highest BCUT2D eigenvalue weighted by molar-refractivity contribution is 5.91. The summed E-state index contributed by atoms with van der Waals surface area (Å²) in [5.74, 6) is -2.11. The van der Waals surface area contributed by atoms with E-state index in [1.165, 1.54) is 18.2 Å². The third-order valence-corrected chi connectivity index (χ3v) is 2.97. The van der Waals surface area contributed by atoms with Gasteiger partial charge in [0.1, 0.15) is 17.3 Å². The number of rotatable bonds is 6. The van der Waals surface area contributed by atoms with Gasteiger partial charge >= 0.3 is 0 Å². The second-order valence-electron chi connectivity index (χ2n) is 4.62. The number of hydrogen-bond acceptors (Lipinski definition) is 4. The molecule has 0 aliphatic rings. The van der Waals surface area contributed by atoms with Crippen LogP contribution in [0.15, 0.2) is 42.5 Å². The second kappa shape index (κ2) is 7.30. The Hall–Kier alpha value is -3.03. The molecule has 0 fully saturated rings. The maximum atomic E-state index is 13.4. The van der Waals surface area contributed by atoms with Crippen LogP contribution in [0.5, 0.6) is 0 Å². The molecule has 0 aliphatic heterocycles. The molecular weight excluding hydrogens is 308 g/mol. The van der Waals surface area contributed by atoms with Crippen LogP contribution in [0.1, 0.15) is 6.42 Å². The summed E-state index contributed by atoms with van der Waals surface area (Å²) in [6, 6.07) is 8.85. The molecule has 0 bridgehead atoms. The molecule has 0 saturated heterocycles. The Morgan fingerprint density at radius 1 is 1.13 bits per heavy atom. The molecule has 0 spiro atoms. The number of nitrogens with zero attached hydrogens (tertiary/aromatic N) is 1. The number of nitro benzene ring substituents is 1. The minimum absolute atomic E-state index is 0.0388. The number of nitrogens with one attached hydrogen (secondary N) is 2. The molecule has 2 aromatic rings. The van der Waals surface area contributed by atoms with E-state index < -0.39 is 22.5 Å². The van der Waals surface area contributed by atoms with Crippen molar-refractivity contribution in [3.63, 3.8) is 0 Å². The largest absolute Gasteiger partial charge is 0.379 e. The second-order valence-corrected chi connectivity index (χ2v) is 4.62. The monoisotopic (exact) mass is 321 g/mol. The zero-order valence-corrected chi connectivity index (χ0v) is 11.9. The number of benzene rings is 2. The van der Waals surface area contributed by atoms with E-state index in [0.717, 1.165) is 12.1 Å². The summed E-state index contributed by atoms with van der Waals surface area (Å²) in [4.78, 5) is 22.0. The third-order valence-electron chi connectivity index (χ3n) is 2.97. The number of para-hydroxylation sites is 2. The van der Waals surface area contributed by atoms with Crippen LogP contribution in [0.4, 0.5) is 25.8 Å². The van der Waals surface area contributed by atoms with E-state index in [4.69, 9.17) is 0 Å². The van der Waals surface area contributed by atoms with Gasteiger partial charge in [0, 0.05) is 25.1 Å². The van der Waals surface area contributed by atoms with Crippen LogP contribution in [-0.4, -0.2) is 17.4 Å². The molecule has 0 aromatic heterocycles. The lowest BCUT2D eigenvalue weighted by Crippen LogP contribution is -2.17. The fraction of sp³-hybridized carbons (Fsp3) is 0.133. The van der Waals surface area contributed by atoms with Crippen LogP contribution < -0.4 is 10.6 Å². The highest BCUT2D eigenvalue weighted by atomic mass is 19.1. The minimum atomic E-state index is -0.870. The third kappa shape index (κ3) is 4.47. The van der Waals surface area contributed by atoms with Crippen molar-refractivity contribution < 1.29 is 18.5 Å². The molecule has 0 unspecified atom stereocenters. The van der Waals surface area contributed by atoms with Gasteiger partial charge in [-0.05, 0) is 18.2 Å². The van der Waals surface area contributed by atoms with E-state index in [0.29, 0.717) is 11.8 Å². The first kappa shape index (κ1) is 16.3. The van der Waals surface area contributed by atoms with Gasteiger partial charge in [-0.3, -0.25) is 14.9 Å². The normalized spacial score (nSPS) is 10.2. The molecule has 2 N–H and O–H groups in total. The van der Waals surface area contributed by atoms with E-state index in [1.54, 1.807) is 6.07 Å². The Morgan fingerprint density at radius 3 is 2.57 bits per heavy atom. The summed E-state index contributed by atoms with van der Waals surface area (Å²) >= 11 is 0. The Morgan fingerprint density at radius 2 is 1.87 bits per heavy atom. The quantitative estimate of drug-likeness (QED) is 0.631. The van der Waals surface area contributed by atoms with Crippen molar-refractivity contribution in [3.05, 3.63) is 64.2 Å². The van der Waals surface area contributed by atoms with Crippen LogP contribution in [0.3, 0.4) is 0 Å². The molecule has 2 aromatic carbocycles. The minimum Gasteiger partial charge on any atom is -0.379 e. The van der Waals surface area contributed by atoms with Gasteiger partial charge in [-0.2, -0.15) is 0 Å². The first-order valence-corrected chi connectivity index (χ1v) is 6.69. The van der Waals surface area contributed by atoms with Crippen LogP contribution in [-0.2, 0) is 4.79 Å². The molecule has 0 aliphatic carbocycles. The molecule has 0 radical (unpaired) electrons. The Labute approximate surface area is 130 Å². The van der Waals surface area contributed by atoms with Crippen molar-refractivity contribution in [2.75, 3.05) is 17.2 Å². The van der Waals surface area contributed by atoms with Gasteiger partial charge in [0.05, 0.1) is 10.6 Å². The lowest BCUT2D eigenvalue weighted by Gasteiger charge is -2.08. The molecule has 0 atom stereocenters. The van der Waals surface area contributed by atoms with E-state index in [2.05, 4.69) is 10.6 Å². The summed E-state index contributed by atoms with van der Waals surface area (Å²) in [6.07, 6.45) is -0.0388. The Kier molecular flexibility index (Phi) is 5.19. The number of carbonyl (C=O) groups is 1. The van der Waals surface area contributed by atoms with Gasteiger partial charge < -0.3 is 10.6 Å². The first-order chi connectivity index (χ1) is 11.0. The van der Waals surface area contributed by atoms with Gasteiger partial charge in [0.2, 0.25) is 5.91 Å². The lowest BCUT2D eigenvalue weighted by molar-refractivity contribution is -0.384. The molecular formula is C15H13F2N3O3. The number of anilines is 2. The van der Waals surface area contributed by atoms with E-state index >= 15 is 0 Å². The highest BCUT2D eigenvalue weighted by Gasteiger charge is 2.12. The molecule has 8 heteroatoms. The fourth-order valence-corrected chi connectivity index (χ4v) is 1.90. The number of amides is 1. The topological polar surface area (TPSA) is 84.3 Å². The van der Waals surface area contributed by atoms with Crippen molar-refractivity contribution in [3.8, 4) is 0 Å². The van der Waals surface area contributed by atoms with Crippen LogP contribution in [0, 0.1) is 21.7 Å². The van der Waals surface area contributed by atoms with Gasteiger partial charge in [-0.1, -0.05) is 12.1 Å². The predicted octanol–water partition coefficient (Wildman–Crippen LogP) is 3.31. The standard InChI is InChI=1S/C15H13F2N3O3/c16-10-5-6-12(11(17)9-10)19-15(21)7-8-18-13-3-1-2-4-14(13)20(22)23/h1-6,9,18H,7-8H2,(H,19,21). The summed E-state index contributed by atoms with van der Waals surface area (Å²) in [5.41, 5.74) is 0.0674. The van der Waals surface area contributed by atoms with Crippen molar-refractivity contribution in [2.24, 2.45) is 0 Å². The predicted molar refractivity (Wildman–Crippen MR) is 81.2 cm³/mol. The Balaban J connectivity index is 1.89. The van der Waals surface area contributed by atoms with Crippen molar-refractivity contribution in [1.82, 2.24) is 0 Å². The van der Waals surface area contributed by atoms with E-state index in [9.17, 15) is 23.7 Å². The summed E-state index contributed by atoms with van der Waals surface area (Å²) in [5, 5.41) is 15.9. The van der Waals surface area contributed by atoms with Crippen molar-refractivity contribution in [1.29, 1.82) is 0 Å². The van der Waals surface area contributed by atoms with Crippen molar-refractivity contribution in [2.45, 2.75) is 6.42 Å². The maximum Gasteiger partial charge on any atom is 0.292 e. The average Bonchev–Trinajstić information content (AvgIpc) is 2.50. The van der Waals surface area contributed by atoms with E-state index in [1.807, 2.05) is 0 Å². The SMILES string of the molecule is O=C(CCNc1ccccc1[N+](=O)[O-])Nc1ccc(F)cc1F. The number of nitro groups is 1. The van der Waals surface area contributed by atoms with Crippen LogP contribution in [0.2, 0.25) is 0 Å². The Bertz CT molecular complexity index is 738. The van der Waals surface area contributed by atoms with Crippen LogP contribution >= 0.6 is 0 Å². The lowest BCUT2D eigenvalue weighted by atomic mass is 10.2. The molecule has 120 valence electrons. The number of hydrogen-bond donors (Lipinski definition) is 2. The first-order valence-electron chi connectivity index (χ1n) is 6.69. The summed E-state index contributed by atoms with van der Waals surface area (Å²) < 4.78 is 26.2. The zero-order chi connectivity index (χ0) is 16.8. The number of carbonyl (C=O) groups excluding carboxylic acids is 1. The molecule has 0 saturated carbocycles. The zero-order valence-electron chi connectivity index (χ0n) is 11.9.